The van der Waals surface area contributed by atoms with Gasteiger partial charge in [0.2, 0.25) is 0 Å². The first-order valence-corrected chi connectivity index (χ1v) is 8.49. The normalized spacial score (nSPS) is 32.8. The SMILES string of the molecule is O=C(NCc1cccc(O)c1)N1CC2CC3CC(C2)CC1C3. The van der Waals surface area contributed by atoms with Gasteiger partial charge in [-0.05, 0) is 67.6 Å². The first-order valence-electron chi connectivity index (χ1n) is 8.49. The molecule has 1 aromatic rings. The highest BCUT2D eigenvalue weighted by Gasteiger charge is 2.43. The molecule has 2 aliphatic carbocycles. The summed E-state index contributed by atoms with van der Waals surface area (Å²) in [5.74, 6) is 2.66. The summed E-state index contributed by atoms with van der Waals surface area (Å²) < 4.78 is 0. The van der Waals surface area contributed by atoms with Crippen molar-refractivity contribution in [2.24, 2.45) is 17.8 Å². The second-order valence-electron chi connectivity index (χ2n) is 7.41. The number of rotatable bonds is 2. The van der Waals surface area contributed by atoms with Crippen LogP contribution in [-0.2, 0) is 6.54 Å². The van der Waals surface area contributed by atoms with Crippen molar-refractivity contribution in [2.75, 3.05) is 6.54 Å². The smallest absolute Gasteiger partial charge is 0.317 e. The number of carbonyl (C=O) groups is 1. The Kier molecular flexibility index (Phi) is 3.47. The number of hydrogen-bond acceptors (Lipinski definition) is 2. The fraction of sp³-hybridized carbons (Fsp3) is 0.611. The zero-order valence-corrected chi connectivity index (χ0v) is 12.9. The van der Waals surface area contributed by atoms with Crippen LogP contribution in [0.2, 0.25) is 0 Å². The molecule has 2 N–H and O–H groups in total. The highest BCUT2D eigenvalue weighted by atomic mass is 16.3. The lowest BCUT2D eigenvalue weighted by molar-refractivity contribution is 0.131. The summed E-state index contributed by atoms with van der Waals surface area (Å²) in [5.41, 5.74) is 0.939. The highest BCUT2D eigenvalue weighted by molar-refractivity contribution is 5.74. The summed E-state index contributed by atoms with van der Waals surface area (Å²) in [6.07, 6.45) is 6.44. The number of nitrogens with one attached hydrogen (secondary N) is 1. The average molecular weight is 300 g/mol. The van der Waals surface area contributed by atoms with E-state index in [-0.39, 0.29) is 11.8 Å². The number of urea groups is 1. The van der Waals surface area contributed by atoms with Gasteiger partial charge >= 0.3 is 6.03 Å². The molecular formula is C18H24N2O2. The van der Waals surface area contributed by atoms with Crippen molar-refractivity contribution >= 4 is 6.03 Å². The van der Waals surface area contributed by atoms with Gasteiger partial charge in [0.05, 0.1) is 0 Å². The van der Waals surface area contributed by atoms with E-state index >= 15 is 0 Å². The molecule has 0 aromatic heterocycles. The molecule has 5 rings (SSSR count). The quantitative estimate of drug-likeness (QED) is 0.881. The second kappa shape index (κ2) is 5.49. The van der Waals surface area contributed by atoms with Crippen molar-refractivity contribution in [3.05, 3.63) is 29.8 Å². The molecule has 4 heteroatoms. The van der Waals surface area contributed by atoms with Crippen LogP contribution in [0, 0.1) is 17.8 Å². The predicted molar refractivity (Wildman–Crippen MR) is 84.4 cm³/mol. The van der Waals surface area contributed by atoms with Gasteiger partial charge in [-0.15, -0.1) is 0 Å². The zero-order chi connectivity index (χ0) is 15.1. The molecule has 118 valence electrons. The van der Waals surface area contributed by atoms with Crippen molar-refractivity contribution in [3.63, 3.8) is 0 Å². The Morgan fingerprint density at radius 2 is 1.86 bits per heavy atom. The molecule has 0 radical (unpaired) electrons. The third kappa shape index (κ3) is 2.67. The molecule has 4 aliphatic rings. The molecule has 2 heterocycles. The average Bonchev–Trinajstić information content (AvgIpc) is 2.69. The van der Waals surface area contributed by atoms with Gasteiger partial charge in [0.15, 0.2) is 0 Å². The number of fused-ring (bicyclic) bond motifs is 1. The molecule has 2 atom stereocenters. The molecule has 22 heavy (non-hydrogen) atoms. The first-order chi connectivity index (χ1) is 10.7. The van der Waals surface area contributed by atoms with Crippen LogP contribution in [0.15, 0.2) is 24.3 Å². The second-order valence-corrected chi connectivity index (χ2v) is 7.41. The van der Waals surface area contributed by atoms with E-state index in [9.17, 15) is 9.90 Å². The third-order valence-electron chi connectivity index (χ3n) is 5.72. The largest absolute Gasteiger partial charge is 0.508 e. The summed E-state index contributed by atoms with van der Waals surface area (Å²) in [6, 6.07) is 7.60. The molecule has 2 saturated heterocycles. The maximum atomic E-state index is 12.6. The van der Waals surface area contributed by atoms with Crippen LogP contribution in [0.1, 0.15) is 37.7 Å². The molecule has 4 fully saturated rings. The van der Waals surface area contributed by atoms with E-state index in [1.807, 2.05) is 12.1 Å². The number of phenols is 1. The Bertz CT molecular complexity index is 560. The van der Waals surface area contributed by atoms with Gasteiger partial charge in [-0.25, -0.2) is 4.79 Å². The van der Waals surface area contributed by atoms with E-state index < -0.39 is 0 Å². The van der Waals surface area contributed by atoms with E-state index in [1.165, 1.54) is 32.1 Å². The number of nitrogens with zero attached hydrogens (tertiary/aromatic N) is 1. The van der Waals surface area contributed by atoms with Gasteiger partial charge in [0.25, 0.3) is 0 Å². The molecule has 2 aliphatic heterocycles. The van der Waals surface area contributed by atoms with Crippen LogP contribution in [0.3, 0.4) is 0 Å². The lowest BCUT2D eigenvalue weighted by Gasteiger charge is -2.38. The van der Waals surface area contributed by atoms with Gasteiger partial charge in [-0.2, -0.15) is 0 Å². The van der Waals surface area contributed by atoms with Crippen LogP contribution < -0.4 is 5.32 Å². The van der Waals surface area contributed by atoms with E-state index in [0.717, 1.165) is 23.9 Å². The van der Waals surface area contributed by atoms with Crippen molar-refractivity contribution in [2.45, 2.75) is 44.7 Å². The van der Waals surface area contributed by atoms with E-state index in [4.69, 9.17) is 0 Å². The van der Waals surface area contributed by atoms with Crippen LogP contribution in [0.5, 0.6) is 5.75 Å². The number of carbonyl (C=O) groups excluding carboxylic acids is 1. The maximum Gasteiger partial charge on any atom is 0.317 e. The Labute approximate surface area is 131 Å². The lowest BCUT2D eigenvalue weighted by atomic mass is 9.68. The number of aromatic hydroxyl groups is 1. The molecule has 4 bridgehead atoms. The summed E-state index contributed by atoms with van der Waals surface area (Å²) in [5, 5.41) is 12.5. The van der Waals surface area contributed by atoms with Crippen molar-refractivity contribution in [1.82, 2.24) is 10.2 Å². The van der Waals surface area contributed by atoms with Gasteiger partial charge in [0.1, 0.15) is 5.75 Å². The Morgan fingerprint density at radius 1 is 1.14 bits per heavy atom. The minimum atomic E-state index is 0.0709. The summed E-state index contributed by atoms with van der Waals surface area (Å²) in [6.45, 7) is 1.41. The number of benzene rings is 1. The van der Waals surface area contributed by atoms with Gasteiger partial charge in [0, 0.05) is 19.1 Å². The standard InChI is InChI=1S/C18H24N2O2/c21-17-3-1-2-12(9-17)10-19-18(22)20-11-15-5-13-4-14(6-15)8-16(20)7-13/h1-3,9,13-16,21H,4-8,10-11H2,(H,19,22). The van der Waals surface area contributed by atoms with Crippen LogP contribution in [-0.4, -0.2) is 28.6 Å². The minimum absolute atomic E-state index is 0.0709. The third-order valence-corrected chi connectivity index (χ3v) is 5.72. The number of hydrogen-bond donors (Lipinski definition) is 2. The Hall–Kier alpha value is -1.71. The van der Waals surface area contributed by atoms with E-state index in [0.29, 0.717) is 18.5 Å². The fourth-order valence-corrected chi connectivity index (χ4v) is 4.98. The number of phenolic OH excluding ortho intramolecular Hbond substituents is 1. The summed E-state index contributed by atoms with van der Waals surface area (Å²) in [4.78, 5) is 14.7. The van der Waals surface area contributed by atoms with Gasteiger partial charge in [-0.1, -0.05) is 12.1 Å². The van der Waals surface area contributed by atoms with E-state index in [1.54, 1.807) is 12.1 Å². The summed E-state index contributed by atoms with van der Waals surface area (Å²) >= 11 is 0. The Morgan fingerprint density at radius 3 is 2.59 bits per heavy atom. The van der Waals surface area contributed by atoms with Crippen molar-refractivity contribution < 1.29 is 9.90 Å². The lowest BCUT2D eigenvalue weighted by Crippen LogP contribution is -2.47. The predicted octanol–water partition coefficient (Wildman–Crippen LogP) is 3.11. The first kappa shape index (κ1) is 13.9. The Balaban J connectivity index is 1.42. The number of amides is 2. The van der Waals surface area contributed by atoms with Crippen LogP contribution >= 0.6 is 0 Å². The monoisotopic (exact) mass is 300 g/mol. The topological polar surface area (TPSA) is 52.6 Å². The van der Waals surface area contributed by atoms with Crippen LogP contribution in [0.25, 0.3) is 0 Å². The van der Waals surface area contributed by atoms with Gasteiger partial charge < -0.3 is 15.3 Å². The zero-order valence-electron chi connectivity index (χ0n) is 12.9. The van der Waals surface area contributed by atoms with Crippen LogP contribution in [0.4, 0.5) is 4.79 Å². The summed E-state index contributed by atoms with van der Waals surface area (Å²) in [7, 11) is 0. The minimum Gasteiger partial charge on any atom is -0.508 e. The highest BCUT2D eigenvalue weighted by Crippen LogP contribution is 2.47. The van der Waals surface area contributed by atoms with Crippen molar-refractivity contribution in [3.8, 4) is 5.75 Å². The molecule has 2 unspecified atom stereocenters. The van der Waals surface area contributed by atoms with Crippen molar-refractivity contribution in [1.29, 1.82) is 0 Å². The molecular weight excluding hydrogens is 276 g/mol. The van der Waals surface area contributed by atoms with Gasteiger partial charge in [-0.3, -0.25) is 0 Å². The van der Waals surface area contributed by atoms with E-state index in [2.05, 4.69) is 10.2 Å². The molecule has 1 aromatic carbocycles. The molecule has 2 saturated carbocycles. The fourth-order valence-electron chi connectivity index (χ4n) is 4.98. The maximum absolute atomic E-state index is 12.6. The molecule has 4 nitrogen and oxygen atoms in total. The molecule has 0 spiro atoms. The molecule has 2 amide bonds.